The van der Waals surface area contributed by atoms with Crippen LogP contribution in [0.5, 0.6) is 0 Å². The summed E-state index contributed by atoms with van der Waals surface area (Å²) in [5.74, 6) is 0.401. The van der Waals surface area contributed by atoms with Gasteiger partial charge in [-0.25, -0.2) is 0 Å². The molecule has 2 nitrogen and oxygen atoms in total. The summed E-state index contributed by atoms with van der Waals surface area (Å²) in [7, 11) is 0. The topological polar surface area (TPSA) is 30.2 Å². The van der Waals surface area contributed by atoms with Crippen LogP contribution in [0, 0.1) is 0 Å². The van der Waals surface area contributed by atoms with Crippen molar-refractivity contribution in [3.8, 4) is 0 Å². The molecule has 0 fully saturated rings. The molecule has 15 heavy (non-hydrogen) atoms. The van der Waals surface area contributed by atoms with Crippen LogP contribution in [0.15, 0.2) is 28.7 Å². The summed E-state index contributed by atoms with van der Waals surface area (Å²) in [5.41, 5.74) is 2.10. The molecular formula is C13H14O2. The highest BCUT2D eigenvalue weighted by molar-refractivity contribution is 5.85. The molecule has 0 aliphatic heterocycles. The number of hydrogen-bond donors (Lipinski definition) is 0. The summed E-state index contributed by atoms with van der Waals surface area (Å²) >= 11 is 0. The Labute approximate surface area is 88.9 Å². The average Bonchev–Trinajstić information content (AvgIpc) is 2.68. The number of aryl methyl sites for hydroxylation is 1. The van der Waals surface area contributed by atoms with Crippen LogP contribution in [0.25, 0.3) is 11.0 Å². The first-order valence-corrected chi connectivity index (χ1v) is 5.31. The summed E-state index contributed by atoms with van der Waals surface area (Å²) in [6.45, 7) is 2.18. The van der Waals surface area contributed by atoms with Gasteiger partial charge in [0.1, 0.15) is 5.58 Å². The van der Waals surface area contributed by atoms with Crippen LogP contribution in [0.3, 0.4) is 0 Å². The number of rotatable bonds is 4. The van der Waals surface area contributed by atoms with E-state index in [-0.39, 0.29) is 0 Å². The van der Waals surface area contributed by atoms with Gasteiger partial charge in [-0.3, -0.25) is 4.79 Å². The van der Waals surface area contributed by atoms with Gasteiger partial charge in [-0.2, -0.15) is 0 Å². The van der Waals surface area contributed by atoms with E-state index in [1.165, 1.54) is 18.4 Å². The summed E-state index contributed by atoms with van der Waals surface area (Å²) in [4.78, 5) is 10.5. The van der Waals surface area contributed by atoms with E-state index in [4.69, 9.17) is 4.42 Å². The highest BCUT2D eigenvalue weighted by Gasteiger charge is 2.03. The van der Waals surface area contributed by atoms with Gasteiger partial charge in [0.2, 0.25) is 0 Å². The van der Waals surface area contributed by atoms with E-state index in [0.29, 0.717) is 5.76 Å². The van der Waals surface area contributed by atoms with E-state index in [1.807, 2.05) is 6.07 Å². The predicted molar refractivity (Wildman–Crippen MR) is 60.2 cm³/mol. The van der Waals surface area contributed by atoms with Crippen LogP contribution in [0.2, 0.25) is 0 Å². The molecule has 1 aromatic heterocycles. The molecule has 0 radical (unpaired) electrons. The minimum absolute atomic E-state index is 0.401. The van der Waals surface area contributed by atoms with Crippen molar-refractivity contribution in [2.45, 2.75) is 26.2 Å². The lowest BCUT2D eigenvalue weighted by atomic mass is 10.1. The maximum absolute atomic E-state index is 10.5. The normalized spacial score (nSPS) is 10.7. The number of hydrogen-bond acceptors (Lipinski definition) is 2. The molecule has 0 atom stereocenters. The van der Waals surface area contributed by atoms with E-state index in [0.717, 1.165) is 23.7 Å². The molecule has 0 aliphatic rings. The van der Waals surface area contributed by atoms with E-state index >= 15 is 0 Å². The Morgan fingerprint density at radius 1 is 1.33 bits per heavy atom. The number of aldehydes is 1. The molecule has 2 heteroatoms. The Bertz CT molecular complexity index is 468. The molecule has 78 valence electrons. The van der Waals surface area contributed by atoms with Crippen LogP contribution in [0.1, 0.15) is 35.9 Å². The molecule has 0 bridgehead atoms. The van der Waals surface area contributed by atoms with Gasteiger partial charge in [-0.1, -0.05) is 19.4 Å². The summed E-state index contributed by atoms with van der Waals surface area (Å²) < 4.78 is 5.31. The fraction of sp³-hybridized carbons (Fsp3) is 0.308. The average molecular weight is 202 g/mol. The molecule has 0 aliphatic carbocycles. The van der Waals surface area contributed by atoms with Crippen molar-refractivity contribution in [1.82, 2.24) is 0 Å². The largest absolute Gasteiger partial charge is 0.453 e. The predicted octanol–water partition coefficient (Wildman–Crippen LogP) is 3.59. The Morgan fingerprint density at radius 2 is 2.20 bits per heavy atom. The monoisotopic (exact) mass is 202 g/mol. The maximum atomic E-state index is 10.5. The molecule has 1 aromatic carbocycles. The van der Waals surface area contributed by atoms with Crippen molar-refractivity contribution in [2.75, 3.05) is 0 Å². The van der Waals surface area contributed by atoms with Crippen molar-refractivity contribution in [3.63, 3.8) is 0 Å². The molecule has 0 N–H and O–H groups in total. The van der Waals surface area contributed by atoms with E-state index in [2.05, 4.69) is 19.1 Å². The lowest BCUT2D eigenvalue weighted by Crippen LogP contribution is -1.82. The van der Waals surface area contributed by atoms with Crippen LogP contribution in [-0.4, -0.2) is 6.29 Å². The first-order chi connectivity index (χ1) is 7.33. The second-order valence-corrected chi connectivity index (χ2v) is 3.74. The van der Waals surface area contributed by atoms with Gasteiger partial charge in [0.25, 0.3) is 0 Å². The summed E-state index contributed by atoms with van der Waals surface area (Å²) in [6, 6.07) is 7.89. The zero-order chi connectivity index (χ0) is 10.7. The third-order valence-corrected chi connectivity index (χ3v) is 2.53. The minimum Gasteiger partial charge on any atom is -0.453 e. The van der Waals surface area contributed by atoms with Gasteiger partial charge in [0, 0.05) is 5.39 Å². The third kappa shape index (κ3) is 2.09. The van der Waals surface area contributed by atoms with Crippen LogP contribution in [-0.2, 0) is 6.42 Å². The smallest absolute Gasteiger partial charge is 0.185 e. The number of carbonyl (C=O) groups is 1. The van der Waals surface area contributed by atoms with E-state index < -0.39 is 0 Å². The summed E-state index contributed by atoms with van der Waals surface area (Å²) in [6.07, 6.45) is 4.23. The van der Waals surface area contributed by atoms with Crippen molar-refractivity contribution in [2.24, 2.45) is 0 Å². The third-order valence-electron chi connectivity index (χ3n) is 2.53. The molecular weight excluding hydrogens is 188 g/mol. The zero-order valence-electron chi connectivity index (χ0n) is 8.82. The van der Waals surface area contributed by atoms with Gasteiger partial charge < -0.3 is 4.42 Å². The molecule has 1 heterocycles. The Morgan fingerprint density at radius 3 is 2.93 bits per heavy atom. The Kier molecular flexibility index (Phi) is 2.86. The van der Waals surface area contributed by atoms with E-state index in [1.54, 1.807) is 6.07 Å². The standard InChI is InChI=1S/C13H14O2/c1-2-3-4-10-5-6-13-11(7-10)8-12(9-14)15-13/h5-9H,2-4H2,1H3. The lowest BCUT2D eigenvalue weighted by Gasteiger charge is -1.98. The maximum Gasteiger partial charge on any atom is 0.185 e. The fourth-order valence-corrected chi connectivity index (χ4v) is 1.71. The second kappa shape index (κ2) is 4.30. The molecule has 0 spiro atoms. The summed E-state index contributed by atoms with van der Waals surface area (Å²) in [5, 5.41) is 1.02. The van der Waals surface area contributed by atoms with Crippen LogP contribution < -0.4 is 0 Å². The van der Waals surface area contributed by atoms with Crippen molar-refractivity contribution in [3.05, 3.63) is 35.6 Å². The van der Waals surface area contributed by atoms with Crippen molar-refractivity contribution in [1.29, 1.82) is 0 Å². The minimum atomic E-state index is 0.401. The number of fused-ring (bicyclic) bond motifs is 1. The molecule has 0 saturated heterocycles. The molecule has 0 unspecified atom stereocenters. The van der Waals surface area contributed by atoms with Gasteiger partial charge in [0.05, 0.1) is 0 Å². The molecule has 0 saturated carbocycles. The number of benzene rings is 1. The Balaban J connectivity index is 2.33. The molecule has 2 aromatic rings. The van der Waals surface area contributed by atoms with Crippen LogP contribution in [0.4, 0.5) is 0 Å². The zero-order valence-corrected chi connectivity index (χ0v) is 8.82. The van der Waals surface area contributed by atoms with Gasteiger partial charge in [-0.05, 0) is 36.6 Å². The number of unbranched alkanes of at least 4 members (excludes halogenated alkanes) is 1. The quantitative estimate of drug-likeness (QED) is 0.709. The highest BCUT2D eigenvalue weighted by Crippen LogP contribution is 2.20. The fourth-order valence-electron chi connectivity index (χ4n) is 1.71. The van der Waals surface area contributed by atoms with Gasteiger partial charge in [0.15, 0.2) is 12.0 Å². The highest BCUT2D eigenvalue weighted by atomic mass is 16.3. The first kappa shape index (κ1) is 9.97. The number of furan rings is 1. The van der Waals surface area contributed by atoms with Gasteiger partial charge >= 0.3 is 0 Å². The van der Waals surface area contributed by atoms with Gasteiger partial charge in [-0.15, -0.1) is 0 Å². The van der Waals surface area contributed by atoms with Crippen LogP contribution >= 0.6 is 0 Å². The second-order valence-electron chi connectivity index (χ2n) is 3.74. The first-order valence-electron chi connectivity index (χ1n) is 5.31. The van der Waals surface area contributed by atoms with Crippen molar-refractivity contribution >= 4 is 17.3 Å². The number of carbonyl (C=O) groups excluding carboxylic acids is 1. The SMILES string of the molecule is CCCCc1ccc2oc(C=O)cc2c1. The molecule has 0 amide bonds. The van der Waals surface area contributed by atoms with Crippen molar-refractivity contribution < 1.29 is 9.21 Å². The van der Waals surface area contributed by atoms with E-state index in [9.17, 15) is 4.79 Å². The Hall–Kier alpha value is -1.57. The molecule has 2 rings (SSSR count). The lowest BCUT2D eigenvalue weighted by molar-refractivity contribution is 0.110.